The summed E-state index contributed by atoms with van der Waals surface area (Å²) in [4.78, 5) is 40.9. The Kier molecular flexibility index (Phi) is 5.68. The fourth-order valence-corrected chi connectivity index (χ4v) is 4.49. The van der Waals surface area contributed by atoms with E-state index in [2.05, 4.69) is 30.2 Å². The van der Waals surface area contributed by atoms with Crippen molar-refractivity contribution in [3.8, 4) is 16.8 Å². The van der Waals surface area contributed by atoms with Gasteiger partial charge in [0.1, 0.15) is 17.2 Å². The number of para-hydroxylation sites is 1. The van der Waals surface area contributed by atoms with Crippen LogP contribution in [0.2, 0.25) is 0 Å². The lowest BCUT2D eigenvalue weighted by molar-refractivity contribution is 0.732. The Labute approximate surface area is 217 Å². The predicted molar refractivity (Wildman–Crippen MR) is 147 cm³/mol. The van der Waals surface area contributed by atoms with Crippen LogP contribution < -0.4 is 16.6 Å². The van der Waals surface area contributed by atoms with Gasteiger partial charge in [-0.25, -0.2) is 19.9 Å². The maximum atomic E-state index is 14.2. The first-order valence-corrected chi connectivity index (χ1v) is 12.0. The zero-order chi connectivity index (χ0) is 26.2. The first kappa shape index (κ1) is 23.2. The van der Waals surface area contributed by atoms with Crippen molar-refractivity contribution in [2.45, 2.75) is 19.9 Å². The van der Waals surface area contributed by atoms with E-state index < -0.39 is 6.04 Å². The maximum absolute atomic E-state index is 14.2. The molecule has 4 heterocycles. The maximum Gasteiger partial charge on any atom is 0.266 e. The largest absolute Gasteiger partial charge is 0.368 e. The lowest BCUT2D eigenvalue weighted by Gasteiger charge is -2.21. The predicted octanol–water partition coefficient (Wildman–Crippen LogP) is 4.24. The molecule has 0 unspecified atom stereocenters. The third-order valence-corrected chi connectivity index (χ3v) is 6.24. The summed E-state index contributed by atoms with van der Waals surface area (Å²) in [6.45, 7) is 3.74. The zero-order valence-corrected chi connectivity index (χ0v) is 20.7. The molecule has 0 aliphatic rings. The van der Waals surface area contributed by atoms with Gasteiger partial charge in [-0.2, -0.15) is 4.98 Å². The van der Waals surface area contributed by atoms with E-state index in [1.54, 1.807) is 29.2 Å². The smallest absolute Gasteiger partial charge is 0.266 e. The summed E-state index contributed by atoms with van der Waals surface area (Å²) in [6, 6.07) is 18.2. The minimum absolute atomic E-state index is 0.122. The van der Waals surface area contributed by atoms with Crippen LogP contribution >= 0.6 is 0 Å². The fraction of sp³-hybridized carbons (Fsp3) is 0.107. The van der Waals surface area contributed by atoms with Crippen molar-refractivity contribution < 1.29 is 0 Å². The number of pyridine rings is 1. The molecule has 0 aliphatic heterocycles. The molecule has 186 valence electrons. The molecule has 3 N–H and O–H groups in total. The number of nitrogens with two attached hydrogens (primary N) is 1. The highest BCUT2D eigenvalue weighted by molar-refractivity contribution is 5.94. The van der Waals surface area contributed by atoms with Gasteiger partial charge in [-0.05, 0) is 49.7 Å². The van der Waals surface area contributed by atoms with Gasteiger partial charge in [0.15, 0.2) is 5.82 Å². The summed E-state index contributed by atoms with van der Waals surface area (Å²) >= 11 is 0. The van der Waals surface area contributed by atoms with Crippen molar-refractivity contribution in [3.63, 3.8) is 0 Å². The number of nitrogen functional groups attached to an aromatic ring is 1. The van der Waals surface area contributed by atoms with E-state index >= 15 is 0 Å². The number of aromatic nitrogens is 7. The molecule has 0 spiro atoms. The van der Waals surface area contributed by atoms with Gasteiger partial charge in [0.05, 0.1) is 28.1 Å². The van der Waals surface area contributed by atoms with Crippen LogP contribution in [-0.4, -0.2) is 34.5 Å². The van der Waals surface area contributed by atoms with E-state index in [9.17, 15) is 4.79 Å². The Balaban J connectivity index is 1.57. The highest BCUT2D eigenvalue weighted by Gasteiger charge is 2.21. The quantitative estimate of drug-likeness (QED) is 0.355. The standard InChI is InChI=1S/C28H23N9O/c1-16(33-25-24-22(12-7-13-30-24)35-28(29)36-25)26-34-21-11-6-10-20(18-14-31-17(2)32-15-18)23(21)27(38)37(26)19-8-4-3-5-9-19/h3-16H,1-2H3,(H3,29,33,35,36)/t16-/m0/s1. The summed E-state index contributed by atoms with van der Waals surface area (Å²) in [7, 11) is 0. The molecule has 0 saturated carbocycles. The highest BCUT2D eigenvalue weighted by Crippen LogP contribution is 2.28. The third-order valence-electron chi connectivity index (χ3n) is 6.24. The molecular formula is C28H23N9O. The number of fused-ring (bicyclic) bond motifs is 2. The van der Waals surface area contributed by atoms with Crippen molar-refractivity contribution in [2.24, 2.45) is 0 Å². The van der Waals surface area contributed by atoms with Gasteiger partial charge in [0.25, 0.3) is 5.56 Å². The SMILES string of the molecule is Cc1ncc(-c2cccc3nc([C@H](C)Nc4nc(N)nc5cccnc45)n(-c4ccccc4)c(=O)c23)cn1. The lowest BCUT2D eigenvalue weighted by Crippen LogP contribution is -2.28. The van der Waals surface area contributed by atoms with Gasteiger partial charge in [0, 0.05) is 24.2 Å². The molecule has 0 amide bonds. The Morgan fingerprint density at radius 2 is 1.63 bits per heavy atom. The van der Waals surface area contributed by atoms with Crippen molar-refractivity contribution in [3.05, 3.63) is 101 Å². The summed E-state index contributed by atoms with van der Waals surface area (Å²) in [5.41, 5.74) is 9.67. The molecule has 1 atom stereocenters. The molecule has 2 aromatic carbocycles. The van der Waals surface area contributed by atoms with Gasteiger partial charge < -0.3 is 11.1 Å². The summed E-state index contributed by atoms with van der Waals surface area (Å²) in [5, 5.41) is 3.85. The monoisotopic (exact) mass is 501 g/mol. The fourth-order valence-electron chi connectivity index (χ4n) is 4.49. The molecule has 0 saturated heterocycles. The van der Waals surface area contributed by atoms with E-state index in [-0.39, 0.29) is 11.5 Å². The van der Waals surface area contributed by atoms with E-state index in [0.29, 0.717) is 45.1 Å². The Bertz CT molecular complexity index is 1850. The first-order valence-electron chi connectivity index (χ1n) is 12.0. The molecular weight excluding hydrogens is 478 g/mol. The molecule has 0 radical (unpaired) electrons. The van der Waals surface area contributed by atoms with E-state index in [1.165, 1.54) is 0 Å². The van der Waals surface area contributed by atoms with Crippen molar-refractivity contribution in [1.82, 2.24) is 34.5 Å². The Morgan fingerprint density at radius 1 is 0.868 bits per heavy atom. The number of hydrogen-bond acceptors (Lipinski definition) is 9. The first-order chi connectivity index (χ1) is 18.5. The van der Waals surface area contributed by atoms with Crippen LogP contribution in [0.5, 0.6) is 0 Å². The number of anilines is 2. The van der Waals surface area contributed by atoms with E-state index in [1.807, 2.05) is 68.4 Å². The van der Waals surface area contributed by atoms with Crippen molar-refractivity contribution in [1.29, 1.82) is 0 Å². The second kappa shape index (κ2) is 9.32. The number of benzene rings is 2. The van der Waals surface area contributed by atoms with Gasteiger partial charge >= 0.3 is 0 Å². The van der Waals surface area contributed by atoms with Crippen LogP contribution in [0.25, 0.3) is 38.8 Å². The van der Waals surface area contributed by atoms with Crippen LogP contribution in [0.1, 0.15) is 24.6 Å². The zero-order valence-electron chi connectivity index (χ0n) is 20.7. The van der Waals surface area contributed by atoms with Crippen LogP contribution in [0.3, 0.4) is 0 Å². The topological polar surface area (TPSA) is 137 Å². The van der Waals surface area contributed by atoms with E-state index in [0.717, 1.165) is 11.1 Å². The minimum Gasteiger partial charge on any atom is -0.368 e. The molecule has 6 aromatic rings. The van der Waals surface area contributed by atoms with Gasteiger partial charge in [-0.1, -0.05) is 30.3 Å². The average Bonchev–Trinajstić information content (AvgIpc) is 2.93. The number of hydrogen-bond donors (Lipinski definition) is 2. The molecule has 6 rings (SSSR count). The van der Waals surface area contributed by atoms with Crippen molar-refractivity contribution in [2.75, 3.05) is 11.1 Å². The molecule has 38 heavy (non-hydrogen) atoms. The van der Waals surface area contributed by atoms with Crippen molar-refractivity contribution >= 4 is 33.7 Å². The Hall–Kier alpha value is -5.25. The van der Waals surface area contributed by atoms with Gasteiger partial charge in [-0.3, -0.25) is 14.3 Å². The molecule has 4 aromatic heterocycles. The number of nitrogens with one attached hydrogen (secondary N) is 1. The molecule has 0 fully saturated rings. The molecule has 0 bridgehead atoms. The second-order valence-corrected chi connectivity index (χ2v) is 8.83. The van der Waals surface area contributed by atoms with Gasteiger partial charge in [0.2, 0.25) is 5.95 Å². The average molecular weight is 502 g/mol. The second-order valence-electron chi connectivity index (χ2n) is 8.83. The molecule has 10 nitrogen and oxygen atoms in total. The minimum atomic E-state index is -0.446. The number of aryl methyl sites for hydroxylation is 1. The highest BCUT2D eigenvalue weighted by atomic mass is 16.1. The normalized spacial score (nSPS) is 12.1. The van der Waals surface area contributed by atoms with Crippen LogP contribution in [0, 0.1) is 6.92 Å². The van der Waals surface area contributed by atoms with Crippen LogP contribution in [0.15, 0.2) is 84.0 Å². The molecule has 10 heteroatoms. The van der Waals surface area contributed by atoms with Crippen LogP contribution in [0.4, 0.5) is 11.8 Å². The summed E-state index contributed by atoms with van der Waals surface area (Å²) in [5.74, 6) is 1.74. The van der Waals surface area contributed by atoms with E-state index in [4.69, 9.17) is 10.7 Å². The number of rotatable bonds is 5. The van der Waals surface area contributed by atoms with Crippen LogP contribution in [-0.2, 0) is 0 Å². The molecule has 0 aliphatic carbocycles. The lowest BCUT2D eigenvalue weighted by atomic mass is 10.0. The summed E-state index contributed by atoms with van der Waals surface area (Å²) < 4.78 is 1.62. The third kappa shape index (κ3) is 4.07. The Morgan fingerprint density at radius 3 is 2.42 bits per heavy atom. The van der Waals surface area contributed by atoms with Gasteiger partial charge in [-0.15, -0.1) is 0 Å². The number of nitrogens with zero attached hydrogens (tertiary/aromatic N) is 7. The summed E-state index contributed by atoms with van der Waals surface area (Å²) in [6.07, 6.45) is 5.11.